The maximum absolute atomic E-state index is 12.5. The average molecular weight is 360 g/mol. The van der Waals surface area contributed by atoms with Gasteiger partial charge in [-0.05, 0) is 31.9 Å². The van der Waals surface area contributed by atoms with Crippen LogP contribution < -0.4 is 5.32 Å². The fraction of sp³-hybridized carbons (Fsp3) is 0.412. The highest BCUT2D eigenvalue weighted by atomic mass is 32.1. The molecule has 0 bridgehead atoms. The first kappa shape index (κ1) is 17.3. The lowest BCUT2D eigenvalue weighted by Gasteiger charge is -2.31. The van der Waals surface area contributed by atoms with Crippen LogP contribution in [0.4, 0.5) is 10.6 Å². The summed E-state index contributed by atoms with van der Waals surface area (Å²) in [6.45, 7) is 3.11. The Kier molecular flexibility index (Phi) is 5.60. The number of pyridine rings is 1. The lowest BCUT2D eigenvalue weighted by Crippen LogP contribution is -2.44. The van der Waals surface area contributed by atoms with Gasteiger partial charge in [0, 0.05) is 24.7 Å². The highest BCUT2D eigenvalue weighted by molar-refractivity contribution is 7.13. The van der Waals surface area contributed by atoms with Crippen LogP contribution in [0.2, 0.25) is 0 Å². The number of carbonyl (C=O) groups is 2. The van der Waals surface area contributed by atoms with Gasteiger partial charge < -0.3 is 15.0 Å². The van der Waals surface area contributed by atoms with Gasteiger partial charge in [0.1, 0.15) is 10.8 Å². The molecule has 2 amide bonds. The number of thiazole rings is 1. The van der Waals surface area contributed by atoms with Crippen molar-refractivity contribution in [1.82, 2.24) is 14.9 Å². The number of rotatable bonds is 4. The number of hydrogen-bond acceptors (Lipinski definition) is 6. The molecule has 1 fully saturated rings. The van der Waals surface area contributed by atoms with Gasteiger partial charge in [-0.25, -0.2) is 9.78 Å². The Balaban J connectivity index is 1.60. The fourth-order valence-electron chi connectivity index (χ4n) is 2.74. The van der Waals surface area contributed by atoms with Crippen LogP contribution in [0.15, 0.2) is 29.8 Å². The number of hydrogen-bond donors (Lipinski definition) is 1. The highest BCUT2D eigenvalue weighted by Gasteiger charge is 2.29. The SMILES string of the molecule is CCOC(=O)N1CCC[C@@H](C(=O)Nc2csc(-c3ccccn3)n2)C1. The van der Waals surface area contributed by atoms with Crippen molar-refractivity contribution >= 4 is 29.2 Å². The number of carbonyl (C=O) groups excluding carboxylic acids is 2. The van der Waals surface area contributed by atoms with Crippen LogP contribution in [0.5, 0.6) is 0 Å². The molecule has 1 saturated heterocycles. The monoisotopic (exact) mass is 360 g/mol. The Morgan fingerprint density at radius 1 is 1.44 bits per heavy atom. The molecular weight excluding hydrogens is 340 g/mol. The Morgan fingerprint density at radius 3 is 3.08 bits per heavy atom. The Labute approximate surface area is 150 Å². The molecule has 0 unspecified atom stereocenters. The molecule has 1 atom stereocenters. The first-order valence-electron chi connectivity index (χ1n) is 8.27. The van der Waals surface area contributed by atoms with Gasteiger partial charge in [-0.2, -0.15) is 0 Å². The van der Waals surface area contributed by atoms with Crippen molar-refractivity contribution in [2.45, 2.75) is 19.8 Å². The number of amides is 2. The third-order valence-electron chi connectivity index (χ3n) is 3.96. The molecule has 2 aromatic rings. The molecule has 1 aliphatic rings. The molecule has 132 valence electrons. The molecule has 3 heterocycles. The zero-order valence-corrected chi connectivity index (χ0v) is 14.8. The third kappa shape index (κ3) is 4.33. The van der Waals surface area contributed by atoms with Crippen molar-refractivity contribution in [2.24, 2.45) is 5.92 Å². The zero-order chi connectivity index (χ0) is 17.6. The summed E-state index contributed by atoms with van der Waals surface area (Å²) < 4.78 is 5.02. The van der Waals surface area contributed by atoms with Crippen molar-refractivity contribution in [1.29, 1.82) is 0 Å². The van der Waals surface area contributed by atoms with Crippen LogP contribution in [-0.4, -0.2) is 46.6 Å². The molecule has 1 aliphatic heterocycles. The summed E-state index contributed by atoms with van der Waals surface area (Å²) in [4.78, 5) is 34.6. The lowest BCUT2D eigenvalue weighted by molar-refractivity contribution is -0.121. The molecule has 8 heteroatoms. The number of nitrogens with zero attached hydrogens (tertiary/aromatic N) is 3. The molecule has 0 aromatic carbocycles. The standard InChI is InChI=1S/C17H20N4O3S/c1-2-24-17(23)21-9-5-6-12(10-21)15(22)19-14-11-25-16(20-14)13-7-3-4-8-18-13/h3-4,7-8,11-12H,2,5-6,9-10H2,1H3,(H,19,22)/t12-/m1/s1. The predicted octanol–water partition coefficient (Wildman–Crippen LogP) is 3.01. The van der Waals surface area contributed by atoms with Gasteiger partial charge >= 0.3 is 6.09 Å². The number of nitrogens with one attached hydrogen (secondary N) is 1. The summed E-state index contributed by atoms with van der Waals surface area (Å²) in [5.74, 6) is 0.147. The maximum atomic E-state index is 12.5. The van der Waals surface area contributed by atoms with Gasteiger partial charge in [0.15, 0.2) is 0 Å². The van der Waals surface area contributed by atoms with Crippen LogP contribution in [-0.2, 0) is 9.53 Å². The summed E-state index contributed by atoms with van der Waals surface area (Å²) in [5.41, 5.74) is 0.777. The summed E-state index contributed by atoms with van der Waals surface area (Å²) in [6, 6.07) is 5.62. The summed E-state index contributed by atoms with van der Waals surface area (Å²) in [6.07, 6.45) is 2.89. The average Bonchev–Trinajstić information content (AvgIpc) is 3.11. The summed E-state index contributed by atoms with van der Waals surface area (Å²) in [7, 11) is 0. The second-order valence-corrected chi connectivity index (χ2v) is 6.58. The van der Waals surface area contributed by atoms with E-state index in [1.54, 1.807) is 23.4 Å². The van der Waals surface area contributed by atoms with Crippen LogP contribution in [0.1, 0.15) is 19.8 Å². The minimum Gasteiger partial charge on any atom is -0.450 e. The predicted molar refractivity (Wildman–Crippen MR) is 95.3 cm³/mol. The van der Waals surface area contributed by atoms with Gasteiger partial charge in [-0.1, -0.05) is 6.07 Å². The highest BCUT2D eigenvalue weighted by Crippen LogP contribution is 2.25. The lowest BCUT2D eigenvalue weighted by atomic mass is 9.97. The Bertz CT molecular complexity index is 735. The first-order valence-corrected chi connectivity index (χ1v) is 9.15. The molecule has 0 radical (unpaired) electrons. The van der Waals surface area contributed by atoms with Crippen molar-refractivity contribution in [2.75, 3.05) is 25.0 Å². The minimum atomic E-state index is -0.355. The van der Waals surface area contributed by atoms with E-state index in [1.807, 2.05) is 18.2 Å². The molecule has 2 aromatic heterocycles. The van der Waals surface area contributed by atoms with Gasteiger partial charge in [0.05, 0.1) is 18.2 Å². The Hall–Kier alpha value is -2.48. The summed E-state index contributed by atoms with van der Waals surface area (Å²) >= 11 is 1.43. The van der Waals surface area contributed by atoms with E-state index in [-0.39, 0.29) is 17.9 Å². The minimum absolute atomic E-state index is 0.119. The Morgan fingerprint density at radius 2 is 2.32 bits per heavy atom. The van der Waals surface area contributed by atoms with E-state index in [2.05, 4.69) is 15.3 Å². The fourth-order valence-corrected chi connectivity index (χ4v) is 3.47. The van der Waals surface area contributed by atoms with Gasteiger partial charge in [0.2, 0.25) is 5.91 Å². The quantitative estimate of drug-likeness (QED) is 0.906. The molecule has 25 heavy (non-hydrogen) atoms. The molecule has 3 rings (SSSR count). The number of ether oxygens (including phenoxy) is 1. The second-order valence-electron chi connectivity index (χ2n) is 5.73. The van der Waals surface area contributed by atoms with E-state index in [9.17, 15) is 9.59 Å². The van der Waals surface area contributed by atoms with E-state index in [4.69, 9.17) is 4.74 Å². The largest absolute Gasteiger partial charge is 0.450 e. The van der Waals surface area contributed by atoms with Crippen LogP contribution in [0.25, 0.3) is 10.7 Å². The normalized spacial score (nSPS) is 17.2. The number of piperidine rings is 1. The van der Waals surface area contributed by atoms with Crippen molar-refractivity contribution in [3.63, 3.8) is 0 Å². The van der Waals surface area contributed by atoms with E-state index >= 15 is 0 Å². The van der Waals surface area contributed by atoms with Crippen LogP contribution in [0.3, 0.4) is 0 Å². The van der Waals surface area contributed by atoms with Crippen LogP contribution in [0, 0.1) is 5.92 Å². The first-order chi connectivity index (χ1) is 12.2. The van der Waals surface area contributed by atoms with E-state index < -0.39 is 0 Å². The molecule has 0 saturated carbocycles. The third-order valence-corrected chi connectivity index (χ3v) is 4.82. The smallest absolute Gasteiger partial charge is 0.409 e. The zero-order valence-electron chi connectivity index (χ0n) is 14.0. The molecule has 0 spiro atoms. The van der Waals surface area contributed by atoms with Crippen molar-refractivity contribution in [3.05, 3.63) is 29.8 Å². The second kappa shape index (κ2) is 8.06. The topological polar surface area (TPSA) is 84.4 Å². The molecule has 0 aliphatic carbocycles. The van der Waals surface area contributed by atoms with Crippen LogP contribution >= 0.6 is 11.3 Å². The maximum Gasteiger partial charge on any atom is 0.409 e. The molecule has 1 N–H and O–H groups in total. The number of aromatic nitrogens is 2. The number of likely N-dealkylation sites (tertiary alicyclic amines) is 1. The number of anilines is 1. The van der Waals surface area contributed by atoms with Gasteiger partial charge in [-0.15, -0.1) is 11.3 Å². The molecular formula is C17H20N4O3S. The van der Waals surface area contributed by atoms with E-state index in [0.29, 0.717) is 25.5 Å². The van der Waals surface area contributed by atoms with E-state index in [0.717, 1.165) is 23.5 Å². The van der Waals surface area contributed by atoms with E-state index in [1.165, 1.54) is 11.3 Å². The van der Waals surface area contributed by atoms with Crippen molar-refractivity contribution in [3.8, 4) is 10.7 Å². The molecule has 7 nitrogen and oxygen atoms in total. The van der Waals surface area contributed by atoms with Gasteiger partial charge in [-0.3, -0.25) is 9.78 Å². The summed E-state index contributed by atoms with van der Waals surface area (Å²) in [5, 5.41) is 5.40. The van der Waals surface area contributed by atoms with Crippen molar-refractivity contribution < 1.29 is 14.3 Å². The van der Waals surface area contributed by atoms with Gasteiger partial charge in [0.25, 0.3) is 0 Å².